The largest absolute Gasteiger partial charge is 0.392 e. The van der Waals surface area contributed by atoms with Crippen LogP contribution in [0.1, 0.15) is 39.5 Å². The van der Waals surface area contributed by atoms with E-state index < -0.39 is 46.5 Å². The molecule has 0 radical (unpaired) electrons. The second-order valence-electron chi connectivity index (χ2n) is 5.86. The minimum Gasteiger partial charge on any atom is -0.392 e. The average molecular weight is 280 g/mol. The summed E-state index contributed by atoms with van der Waals surface area (Å²) >= 11 is 0. The number of cyclic esters (lactones) is 4. The number of esters is 4. The van der Waals surface area contributed by atoms with Crippen LogP contribution in [0.4, 0.5) is 0 Å². The van der Waals surface area contributed by atoms with Crippen molar-refractivity contribution in [1.82, 2.24) is 0 Å². The quantitative estimate of drug-likeness (QED) is 0.563. The standard InChI is InChI=1S/C14H16O6/c1-3-5-13-7(9(15)19-11(13)17)14(6-4-2)8(13)10(16)20-12(14)18/h7-8H,3-6H2,1-2H3. The molecule has 0 amide bonds. The molecule has 6 heteroatoms. The van der Waals surface area contributed by atoms with E-state index in [1.807, 2.05) is 13.8 Å². The summed E-state index contributed by atoms with van der Waals surface area (Å²) in [5.74, 6) is -4.41. The molecule has 0 aromatic rings. The van der Waals surface area contributed by atoms with E-state index in [4.69, 9.17) is 9.47 Å². The maximum Gasteiger partial charge on any atom is 0.321 e. The molecule has 1 aliphatic carbocycles. The van der Waals surface area contributed by atoms with Gasteiger partial charge >= 0.3 is 23.9 Å². The van der Waals surface area contributed by atoms with Crippen molar-refractivity contribution in [3.05, 3.63) is 0 Å². The van der Waals surface area contributed by atoms with Crippen LogP contribution in [-0.2, 0) is 28.7 Å². The third-order valence-corrected chi connectivity index (χ3v) is 5.01. The van der Waals surface area contributed by atoms with Gasteiger partial charge in [0.1, 0.15) is 0 Å². The normalized spacial score (nSPS) is 41.9. The average Bonchev–Trinajstić information content (AvgIpc) is 2.67. The molecule has 3 aliphatic rings. The van der Waals surface area contributed by atoms with Gasteiger partial charge in [0, 0.05) is 0 Å². The monoisotopic (exact) mass is 280 g/mol. The molecule has 108 valence electrons. The fraction of sp³-hybridized carbons (Fsp3) is 0.714. The first kappa shape index (κ1) is 13.3. The van der Waals surface area contributed by atoms with E-state index in [1.165, 1.54) is 0 Å². The van der Waals surface area contributed by atoms with Crippen molar-refractivity contribution < 1.29 is 28.7 Å². The van der Waals surface area contributed by atoms with E-state index in [1.54, 1.807) is 0 Å². The van der Waals surface area contributed by atoms with Crippen molar-refractivity contribution >= 4 is 23.9 Å². The number of ether oxygens (including phenoxy) is 2. The molecule has 2 heterocycles. The zero-order valence-electron chi connectivity index (χ0n) is 11.4. The highest BCUT2D eigenvalue weighted by atomic mass is 16.6. The maximum atomic E-state index is 12.1. The molecule has 0 N–H and O–H groups in total. The minimum atomic E-state index is -1.18. The molecular weight excluding hydrogens is 264 g/mol. The van der Waals surface area contributed by atoms with E-state index >= 15 is 0 Å². The van der Waals surface area contributed by atoms with Crippen LogP contribution in [0.15, 0.2) is 0 Å². The number of rotatable bonds is 4. The van der Waals surface area contributed by atoms with Crippen molar-refractivity contribution in [2.75, 3.05) is 0 Å². The first-order chi connectivity index (χ1) is 9.46. The summed E-state index contributed by atoms with van der Waals surface area (Å²) in [6, 6.07) is 0. The van der Waals surface area contributed by atoms with Crippen LogP contribution >= 0.6 is 0 Å². The third-order valence-electron chi connectivity index (χ3n) is 5.01. The predicted molar refractivity (Wildman–Crippen MR) is 63.9 cm³/mol. The van der Waals surface area contributed by atoms with Gasteiger partial charge in [-0.25, -0.2) is 0 Å². The molecule has 6 nitrogen and oxygen atoms in total. The SMILES string of the molecule is CCCC12C(=O)OC(=O)C1C1(CCC)C(=O)OC(=O)C21. The lowest BCUT2D eigenvalue weighted by Gasteiger charge is -2.54. The van der Waals surface area contributed by atoms with Gasteiger partial charge in [-0.15, -0.1) is 0 Å². The van der Waals surface area contributed by atoms with E-state index in [9.17, 15) is 19.2 Å². The number of hydrogen-bond acceptors (Lipinski definition) is 6. The lowest BCUT2D eigenvalue weighted by atomic mass is 9.38. The van der Waals surface area contributed by atoms with Crippen LogP contribution in [-0.4, -0.2) is 23.9 Å². The van der Waals surface area contributed by atoms with Gasteiger partial charge in [-0.1, -0.05) is 26.7 Å². The van der Waals surface area contributed by atoms with Crippen LogP contribution < -0.4 is 0 Å². The zero-order valence-corrected chi connectivity index (χ0v) is 11.4. The Labute approximate surface area is 115 Å². The molecule has 1 saturated carbocycles. The molecule has 0 unspecified atom stereocenters. The molecule has 2 aliphatic heterocycles. The number of carbonyl (C=O) groups excluding carboxylic acids is 4. The first-order valence-electron chi connectivity index (χ1n) is 6.99. The Hall–Kier alpha value is -1.72. The van der Waals surface area contributed by atoms with Gasteiger partial charge in [0.2, 0.25) is 0 Å². The van der Waals surface area contributed by atoms with Crippen LogP contribution in [0.3, 0.4) is 0 Å². The smallest absolute Gasteiger partial charge is 0.321 e. The highest BCUT2D eigenvalue weighted by molar-refractivity contribution is 6.14. The molecule has 3 fully saturated rings. The van der Waals surface area contributed by atoms with Gasteiger partial charge in [0.25, 0.3) is 0 Å². The Morgan fingerprint density at radius 1 is 0.800 bits per heavy atom. The van der Waals surface area contributed by atoms with Gasteiger partial charge in [0.15, 0.2) is 0 Å². The van der Waals surface area contributed by atoms with Gasteiger partial charge < -0.3 is 9.47 Å². The van der Waals surface area contributed by atoms with Crippen LogP contribution in [0.25, 0.3) is 0 Å². The maximum absolute atomic E-state index is 12.1. The zero-order chi connectivity index (χ0) is 14.7. The third kappa shape index (κ3) is 1.12. The summed E-state index contributed by atoms with van der Waals surface area (Å²) in [5.41, 5.74) is -2.35. The summed E-state index contributed by atoms with van der Waals surface area (Å²) in [5, 5.41) is 0. The second-order valence-corrected chi connectivity index (χ2v) is 5.86. The van der Waals surface area contributed by atoms with Gasteiger partial charge in [0.05, 0.1) is 22.7 Å². The Bertz CT molecular complexity index is 478. The molecule has 0 atom stereocenters. The van der Waals surface area contributed by atoms with E-state index in [-0.39, 0.29) is 0 Å². The van der Waals surface area contributed by atoms with Gasteiger partial charge in [-0.2, -0.15) is 0 Å². The summed E-state index contributed by atoms with van der Waals surface area (Å²) in [6.45, 7) is 3.73. The van der Waals surface area contributed by atoms with Gasteiger partial charge in [-0.05, 0) is 12.8 Å². The molecular formula is C14H16O6. The first-order valence-corrected chi connectivity index (χ1v) is 6.99. The molecule has 0 spiro atoms. The fourth-order valence-corrected chi connectivity index (χ4v) is 4.57. The van der Waals surface area contributed by atoms with Gasteiger partial charge in [-0.3, -0.25) is 19.2 Å². The second kappa shape index (κ2) is 3.90. The van der Waals surface area contributed by atoms with Crippen molar-refractivity contribution in [2.45, 2.75) is 39.5 Å². The van der Waals surface area contributed by atoms with Crippen molar-refractivity contribution in [3.63, 3.8) is 0 Å². The lowest BCUT2D eigenvalue weighted by Crippen LogP contribution is -2.67. The van der Waals surface area contributed by atoms with E-state index in [0.717, 1.165) is 0 Å². The lowest BCUT2D eigenvalue weighted by molar-refractivity contribution is -0.190. The minimum absolute atomic E-state index is 0.362. The molecule has 20 heavy (non-hydrogen) atoms. The summed E-state index contributed by atoms with van der Waals surface area (Å²) in [7, 11) is 0. The molecule has 0 bridgehead atoms. The highest BCUT2D eigenvalue weighted by Gasteiger charge is 2.88. The Kier molecular flexibility index (Phi) is 2.59. The Morgan fingerprint density at radius 2 is 1.15 bits per heavy atom. The Balaban J connectivity index is 2.16. The van der Waals surface area contributed by atoms with E-state index in [2.05, 4.69) is 0 Å². The number of hydrogen-bond donors (Lipinski definition) is 0. The van der Waals surface area contributed by atoms with Crippen molar-refractivity contribution in [1.29, 1.82) is 0 Å². The number of fused-ring (bicyclic) bond motifs is 4. The fourth-order valence-electron chi connectivity index (χ4n) is 4.57. The number of carbonyl (C=O) groups is 4. The van der Waals surface area contributed by atoms with E-state index in [0.29, 0.717) is 25.7 Å². The van der Waals surface area contributed by atoms with Crippen molar-refractivity contribution in [2.24, 2.45) is 22.7 Å². The molecule has 0 aromatic heterocycles. The highest BCUT2D eigenvalue weighted by Crippen LogP contribution is 2.73. The summed E-state index contributed by atoms with van der Waals surface area (Å²) in [6.07, 6.45) is 1.97. The van der Waals surface area contributed by atoms with Crippen LogP contribution in [0.5, 0.6) is 0 Å². The molecule has 3 rings (SSSR count). The van der Waals surface area contributed by atoms with Crippen LogP contribution in [0, 0.1) is 22.7 Å². The predicted octanol–water partition coefficient (Wildman–Crippen LogP) is 0.972. The van der Waals surface area contributed by atoms with Crippen molar-refractivity contribution in [3.8, 4) is 0 Å². The molecule has 0 aromatic carbocycles. The summed E-state index contributed by atoms with van der Waals surface area (Å²) in [4.78, 5) is 48.4. The Morgan fingerprint density at radius 3 is 1.45 bits per heavy atom. The topological polar surface area (TPSA) is 86.7 Å². The summed E-state index contributed by atoms with van der Waals surface area (Å²) < 4.78 is 9.54. The molecule has 2 saturated heterocycles. The van der Waals surface area contributed by atoms with Crippen LogP contribution in [0.2, 0.25) is 0 Å².